The number of aromatic hydroxyl groups is 1. The first kappa shape index (κ1) is 16.6. The highest BCUT2D eigenvalue weighted by molar-refractivity contribution is 6.01. The van der Waals surface area contributed by atoms with Crippen LogP contribution in [0.4, 0.5) is 0 Å². The van der Waals surface area contributed by atoms with Gasteiger partial charge < -0.3 is 16.0 Å². The molecule has 0 aliphatic heterocycles. The summed E-state index contributed by atoms with van der Waals surface area (Å²) in [6.07, 6.45) is 0.924. The van der Waals surface area contributed by atoms with Crippen molar-refractivity contribution >= 4 is 5.84 Å². The fourth-order valence-electron chi connectivity index (χ4n) is 2.88. The summed E-state index contributed by atoms with van der Waals surface area (Å²) < 4.78 is 0. The lowest BCUT2D eigenvalue weighted by Crippen LogP contribution is -2.13. The number of nitrogens with zero attached hydrogens (tertiary/aromatic N) is 1. The van der Waals surface area contributed by atoms with Gasteiger partial charge in [0.25, 0.3) is 0 Å². The summed E-state index contributed by atoms with van der Waals surface area (Å²) in [4.78, 5) is 0. The lowest BCUT2D eigenvalue weighted by atomic mass is 9.91. The maximum Gasteiger partial charge on any atom is 0.173 e. The minimum atomic E-state index is -0.118. The number of hydrogen-bond donors (Lipinski definition) is 3. The van der Waals surface area contributed by atoms with Crippen LogP contribution in [0.3, 0.4) is 0 Å². The van der Waals surface area contributed by atoms with E-state index in [0.717, 1.165) is 28.7 Å². The lowest BCUT2D eigenvalue weighted by molar-refractivity contribution is 0.318. The van der Waals surface area contributed by atoms with Crippen LogP contribution in [0.5, 0.6) is 5.75 Å². The molecule has 0 aliphatic carbocycles. The normalized spacial score (nSPS) is 11.5. The van der Waals surface area contributed by atoms with Crippen LogP contribution < -0.4 is 5.73 Å². The van der Waals surface area contributed by atoms with Gasteiger partial charge in [-0.1, -0.05) is 66.7 Å². The third-order valence-electron chi connectivity index (χ3n) is 4.27. The average molecular weight is 332 g/mol. The minimum Gasteiger partial charge on any atom is -0.507 e. The SMILES string of the molecule is CCc1ccc(-c2ccccc2)c(-c2ccc(O)c(/C(N)=N/O)c2)c1. The molecule has 0 heterocycles. The van der Waals surface area contributed by atoms with Crippen molar-refractivity contribution in [3.05, 3.63) is 77.9 Å². The lowest BCUT2D eigenvalue weighted by Gasteiger charge is -2.14. The molecule has 0 radical (unpaired) electrons. The topological polar surface area (TPSA) is 78.8 Å². The zero-order valence-corrected chi connectivity index (χ0v) is 14.0. The molecule has 4 N–H and O–H groups in total. The summed E-state index contributed by atoms with van der Waals surface area (Å²) >= 11 is 0. The van der Waals surface area contributed by atoms with E-state index in [1.54, 1.807) is 12.1 Å². The van der Waals surface area contributed by atoms with Crippen molar-refractivity contribution in [3.63, 3.8) is 0 Å². The molecule has 0 saturated heterocycles. The minimum absolute atomic E-state index is 0.0213. The number of nitrogens with two attached hydrogens (primary N) is 1. The van der Waals surface area contributed by atoms with Gasteiger partial charge in [-0.15, -0.1) is 0 Å². The highest BCUT2D eigenvalue weighted by Crippen LogP contribution is 2.35. The van der Waals surface area contributed by atoms with E-state index in [9.17, 15) is 5.11 Å². The van der Waals surface area contributed by atoms with Gasteiger partial charge in [0.15, 0.2) is 5.84 Å². The summed E-state index contributed by atoms with van der Waals surface area (Å²) in [6.45, 7) is 2.11. The van der Waals surface area contributed by atoms with Gasteiger partial charge >= 0.3 is 0 Å². The number of oxime groups is 1. The molecule has 0 bridgehead atoms. The summed E-state index contributed by atoms with van der Waals surface area (Å²) in [5.41, 5.74) is 11.3. The molecule has 0 aromatic heterocycles. The van der Waals surface area contributed by atoms with Crippen LogP contribution in [-0.2, 0) is 6.42 Å². The van der Waals surface area contributed by atoms with E-state index in [1.165, 1.54) is 5.56 Å². The summed E-state index contributed by atoms with van der Waals surface area (Å²) in [7, 11) is 0. The molecule has 0 unspecified atom stereocenters. The Morgan fingerprint density at radius 3 is 2.36 bits per heavy atom. The van der Waals surface area contributed by atoms with Gasteiger partial charge in [0, 0.05) is 0 Å². The molecule has 0 fully saturated rings. The van der Waals surface area contributed by atoms with Crippen molar-refractivity contribution in [2.45, 2.75) is 13.3 Å². The first-order valence-electron chi connectivity index (χ1n) is 8.13. The van der Waals surface area contributed by atoms with Crippen molar-refractivity contribution in [2.24, 2.45) is 10.9 Å². The van der Waals surface area contributed by atoms with Gasteiger partial charge in [-0.2, -0.15) is 0 Å². The van der Waals surface area contributed by atoms with Crippen molar-refractivity contribution < 1.29 is 10.3 Å². The van der Waals surface area contributed by atoms with Crippen LogP contribution >= 0.6 is 0 Å². The van der Waals surface area contributed by atoms with E-state index in [0.29, 0.717) is 5.56 Å². The summed E-state index contributed by atoms with van der Waals surface area (Å²) in [5.74, 6) is -0.140. The molecule has 4 heteroatoms. The largest absolute Gasteiger partial charge is 0.507 e. The molecule has 4 nitrogen and oxygen atoms in total. The van der Waals surface area contributed by atoms with Crippen molar-refractivity contribution in [2.75, 3.05) is 0 Å². The van der Waals surface area contributed by atoms with E-state index < -0.39 is 0 Å². The van der Waals surface area contributed by atoms with Crippen LogP contribution in [0.15, 0.2) is 71.9 Å². The second kappa shape index (κ2) is 7.09. The second-order valence-corrected chi connectivity index (χ2v) is 5.82. The Balaban J connectivity index is 2.22. The third-order valence-corrected chi connectivity index (χ3v) is 4.27. The van der Waals surface area contributed by atoms with Gasteiger partial charge in [-0.05, 0) is 46.4 Å². The molecule has 3 rings (SSSR count). The first-order chi connectivity index (χ1) is 12.1. The van der Waals surface area contributed by atoms with Crippen LogP contribution in [0, 0.1) is 0 Å². The number of aryl methyl sites for hydroxylation is 1. The van der Waals surface area contributed by atoms with Gasteiger partial charge in [-0.25, -0.2) is 0 Å². The molecule has 0 atom stereocenters. The zero-order chi connectivity index (χ0) is 17.8. The Labute approximate surface area is 146 Å². The van der Waals surface area contributed by atoms with Crippen molar-refractivity contribution in [1.82, 2.24) is 0 Å². The van der Waals surface area contributed by atoms with Crippen LogP contribution in [0.2, 0.25) is 0 Å². The second-order valence-electron chi connectivity index (χ2n) is 5.82. The molecule has 3 aromatic rings. The van der Waals surface area contributed by atoms with Gasteiger partial charge in [0.1, 0.15) is 5.75 Å². The Morgan fingerprint density at radius 2 is 1.68 bits per heavy atom. The number of hydrogen-bond acceptors (Lipinski definition) is 3. The number of amidine groups is 1. The maximum absolute atomic E-state index is 10.00. The van der Waals surface area contributed by atoms with E-state index in [4.69, 9.17) is 10.9 Å². The Morgan fingerprint density at radius 1 is 0.920 bits per heavy atom. The Bertz CT molecular complexity index is 918. The standard InChI is InChI=1S/C21H20N2O2/c1-2-14-8-10-17(15-6-4-3-5-7-15)18(12-14)16-9-11-20(24)19(13-16)21(22)23-25/h3-13,24-25H,2H2,1H3,(H2,22,23). The van der Waals surface area contributed by atoms with Crippen LogP contribution in [-0.4, -0.2) is 16.1 Å². The monoisotopic (exact) mass is 332 g/mol. The molecule has 25 heavy (non-hydrogen) atoms. The fourth-order valence-corrected chi connectivity index (χ4v) is 2.88. The summed E-state index contributed by atoms with van der Waals surface area (Å²) in [5, 5.41) is 21.9. The smallest absolute Gasteiger partial charge is 0.173 e. The molecule has 0 spiro atoms. The molecule has 0 saturated carbocycles. The highest BCUT2D eigenvalue weighted by Gasteiger charge is 2.13. The zero-order valence-electron chi connectivity index (χ0n) is 14.0. The predicted octanol–water partition coefficient (Wildman–Crippen LogP) is 4.38. The van der Waals surface area contributed by atoms with Crippen molar-refractivity contribution in [3.8, 4) is 28.0 Å². The first-order valence-corrected chi connectivity index (χ1v) is 8.13. The van der Waals surface area contributed by atoms with E-state index in [1.807, 2.05) is 24.3 Å². The van der Waals surface area contributed by atoms with E-state index in [-0.39, 0.29) is 11.6 Å². The van der Waals surface area contributed by atoms with E-state index in [2.05, 4.69) is 42.4 Å². The van der Waals surface area contributed by atoms with Gasteiger partial charge in [0.05, 0.1) is 5.56 Å². The number of phenols is 1. The fraction of sp³-hybridized carbons (Fsp3) is 0.0952. The highest BCUT2D eigenvalue weighted by atomic mass is 16.4. The average Bonchev–Trinajstić information content (AvgIpc) is 2.68. The van der Waals surface area contributed by atoms with E-state index >= 15 is 0 Å². The summed E-state index contributed by atoms with van der Waals surface area (Å²) in [6, 6.07) is 21.6. The number of phenolic OH excluding ortho intramolecular Hbond substituents is 1. The Hall–Kier alpha value is -3.27. The van der Waals surface area contributed by atoms with Gasteiger partial charge in [-0.3, -0.25) is 0 Å². The molecule has 0 aliphatic rings. The van der Waals surface area contributed by atoms with Crippen LogP contribution in [0.1, 0.15) is 18.1 Å². The van der Waals surface area contributed by atoms with Crippen LogP contribution in [0.25, 0.3) is 22.3 Å². The van der Waals surface area contributed by atoms with Crippen molar-refractivity contribution in [1.29, 1.82) is 0 Å². The molecule has 0 amide bonds. The quantitative estimate of drug-likeness (QED) is 0.287. The maximum atomic E-state index is 10.00. The number of benzene rings is 3. The predicted molar refractivity (Wildman–Crippen MR) is 101 cm³/mol. The number of rotatable bonds is 4. The molecule has 3 aromatic carbocycles. The Kier molecular flexibility index (Phi) is 4.70. The molecule has 126 valence electrons. The molecular weight excluding hydrogens is 312 g/mol. The third kappa shape index (κ3) is 3.33. The molecular formula is C21H20N2O2. The van der Waals surface area contributed by atoms with Gasteiger partial charge in [0.2, 0.25) is 0 Å².